The topological polar surface area (TPSA) is 44.5 Å². The summed E-state index contributed by atoms with van der Waals surface area (Å²) in [5, 5.41) is 0. The number of hydrogen-bond donors (Lipinski definition) is 1. The van der Waals surface area contributed by atoms with Crippen molar-refractivity contribution in [3.05, 3.63) is 59.2 Å². The van der Waals surface area contributed by atoms with E-state index in [2.05, 4.69) is 6.92 Å². The van der Waals surface area contributed by atoms with E-state index in [0.29, 0.717) is 36.6 Å². The van der Waals surface area contributed by atoms with Gasteiger partial charge in [0, 0.05) is 5.92 Å². The Morgan fingerprint density at radius 1 is 1.04 bits per heavy atom. The summed E-state index contributed by atoms with van der Waals surface area (Å²) in [7, 11) is 1.60. The van der Waals surface area contributed by atoms with Crippen LogP contribution >= 0.6 is 0 Å². The molecule has 2 aromatic rings. The van der Waals surface area contributed by atoms with Gasteiger partial charge in [0.2, 0.25) is 0 Å². The van der Waals surface area contributed by atoms with Crippen molar-refractivity contribution >= 4 is 0 Å². The third kappa shape index (κ3) is 5.16. The molecule has 0 aliphatic carbocycles. The van der Waals surface area contributed by atoms with Gasteiger partial charge in [-0.1, -0.05) is 25.5 Å². The monoisotopic (exact) mass is 349 g/mol. The molecule has 2 N–H and O–H groups in total. The maximum Gasteiger partial charge on any atom is 0.161 e. The minimum atomic E-state index is -0.853. The van der Waals surface area contributed by atoms with Crippen LogP contribution < -0.4 is 15.2 Å². The van der Waals surface area contributed by atoms with Gasteiger partial charge in [-0.05, 0) is 54.8 Å². The summed E-state index contributed by atoms with van der Waals surface area (Å²) < 4.78 is 37.8. The molecule has 0 amide bonds. The Morgan fingerprint density at radius 3 is 2.48 bits per heavy atom. The van der Waals surface area contributed by atoms with E-state index in [9.17, 15) is 8.78 Å². The first-order chi connectivity index (χ1) is 12.1. The first kappa shape index (κ1) is 19.2. The highest BCUT2D eigenvalue weighted by atomic mass is 19.2. The molecule has 136 valence electrons. The van der Waals surface area contributed by atoms with Crippen LogP contribution in [0.5, 0.6) is 11.5 Å². The van der Waals surface area contributed by atoms with Crippen molar-refractivity contribution < 1.29 is 18.3 Å². The van der Waals surface area contributed by atoms with Crippen molar-refractivity contribution in [2.24, 2.45) is 5.73 Å². The second-order valence-corrected chi connectivity index (χ2v) is 6.00. The minimum Gasteiger partial charge on any atom is -0.493 e. The highest BCUT2D eigenvalue weighted by molar-refractivity contribution is 5.43. The molecule has 0 saturated heterocycles. The van der Waals surface area contributed by atoms with Gasteiger partial charge in [-0.3, -0.25) is 0 Å². The molecule has 1 unspecified atom stereocenters. The molecule has 2 rings (SSSR count). The minimum absolute atomic E-state index is 0.105. The molecule has 0 spiro atoms. The Morgan fingerprint density at radius 2 is 1.84 bits per heavy atom. The maximum atomic E-state index is 13.5. The number of unbranched alkanes of at least 4 members (excludes halogenated alkanes) is 1. The smallest absolute Gasteiger partial charge is 0.161 e. The lowest BCUT2D eigenvalue weighted by Crippen LogP contribution is -2.15. The zero-order valence-corrected chi connectivity index (χ0v) is 14.7. The summed E-state index contributed by atoms with van der Waals surface area (Å²) in [6.07, 6.45) is 2.62. The van der Waals surface area contributed by atoms with Gasteiger partial charge in [-0.2, -0.15) is 0 Å². The number of hydrogen-bond acceptors (Lipinski definition) is 3. The average Bonchev–Trinajstić information content (AvgIpc) is 2.62. The summed E-state index contributed by atoms with van der Waals surface area (Å²) in [5.41, 5.74) is 7.55. The SMILES string of the molecule is CCCCOc1cc(CC(CN)c2ccc(F)c(F)c2)ccc1OC. The van der Waals surface area contributed by atoms with E-state index in [1.54, 1.807) is 13.2 Å². The molecule has 0 radical (unpaired) electrons. The Balaban J connectivity index is 2.18. The summed E-state index contributed by atoms with van der Waals surface area (Å²) in [5.74, 6) is -0.441. The zero-order valence-electron chi connectivity index (χ0n) is 14.7. The predicted molar refractivity (Wildman–Crippen MR) is 95.3 cm³/mol. The van der Waals surface area contributed by atoms with Crippen LogP contribution in [-0.2, 0) is 6.42 Å². The Kier molecular flexibility index (Phi) is 7.19. The largest absolute Gasteiger partial charge is 0.493 e. The number of benzene rings is 2. The van der Waals surface area contributed by atoms with Crippen molar-refractivity contribution in [3.63, 3.8) is 0 Å². The van der Waals surface area contributed by atoms with Gasteiger partial charge in [0.15, 0.2) is 23.1 Å². The van der Waals surface area contributed by atoms with E-state index < -0.39 is 11.6 Å². The highest BCUT2D eigenvalue weighted by Crippen LogP contribution is 2.31. The van der Waals surface area contributed by atoms with Crippen LogP contribution in [0.1, 0.15) is 36.8 Å². The number of halogens is 2. The van der Waals surface area contributed by atoms with Crippen LogP contribution in [0.3, 0.4) is 0 Å². The molecule has 0 fully saturated rings. The lowest BCUT2D eigenvalue weighted by atomic mass is 9.92. The predicted octanol–water partition coefficient (Wildman–Crippen LogP) is 4.44. The van der Waals surface area contributed by atoms with Crippen molar-refractivity contribution in [2.75, 3.05) is 20.3 Å². The van der Waals surface area contributed by atoms with Crippen LogP contribution in [-0.4, -0.2) is 20.3 Å². The molecule has 0 aliphatic rings. The van der Waals surface area contributed by atoms with E-state index in [-0.39, 0.29) is 5.92 Å². The van der Waals surface area contributed by atoms with Gasteiger partial charge >= 0.3 is 0 Å². The summed E-state index contributed by atoms with van der Waals surface area (Å²) in [6.45, 7) is 3.06. The van der Waals surface area contributed by atoms with Crippen molar-refractivity contribution in [3.8, 4) is 11.5 Å². The molecular formula is C20H25F2NO2. The molecule has 2 aromatic carbocycles. The molecule has 5 heteroatoms. The first-order valence-electron chi connectivity index (χ1n) is 8.53. The van der Waals surface area contributed by atoms with Gasteiger partial charge < -0.3 is 15.2 Å². The van der Waals surface area contributed by atoms with Crippen LogP contribution in [0.2, 0.25) is 0 Å². The van der Waals surface area contributed by atoms with Crippen LogP contribution in [0.25, 0.3) is 0 Å². The molecule has 0 heterocycles. The Labute approximate surface area is 147 Å². The highest BCUT2D eigenvalue weighted by Gasteiger charge is 2.15. The van der Waals surface area contributed by atoms with E-state index in [1.165, 1.54) is 6.07 Å². The summed E-state index contributed by atoms with van der Waals surface area (Å²) >= 11 is 0. The van der Waals surface area contributed by atoms with Crippen LogP contribution in [0.15, 0.2) is 36.4 Å². The molecule has 0 saturated carbocycles. The molecular weight excluding hydrogens is 324 g/mol. The van der Waals surface area contributed by atoms with Crippen LogP contribution in [0.4, 0.5) is 8.78 Å². The first-order valence-corrected chi connectivity index (χ1v) is 8.53. The maximum absolute atomic E-state index is 13.5. The standard InChI is InChI=1S/C20H25F2NO2/c1-3-4-9-25-20-11-14(5-8-19(20)24-2)10-16(13-23)15-6-7-17(21)18(22)12-15/h5-8,11-12,16H,3-4,9-10,13,23H2,1-2H3. The van der Waals surface area contributed by atoms with E-state index in [1.807, 2.05) is 18.2 Å². The third-order valence-corrected chi connectivity index (χ3v) is 4.17. The molecule has 3 nitrogen and oxygen atoms in total. The van der Waals surface area contributed by atoms with Crippen molar-refractivity contribution in [1.82, 2.24) is 0 Å². The number of methoxy groups -OCH3 is 1. The Bertz CT molecular complexity index is 691. The summed E-state index contributed by atoms with van der Waals surface area (Å²) in [4.78, 5) is 0. The fraction of sp³-hybridized carbons (Fsp3) is 0.400. The van der Waals surface area contributed by atoms with Crippen molar-refractivity contribution in [1.29, 1.82) is 0 Å². The van der Waals surface area contributed by atoms with Gasteiger partial charge in [0.25, 0.3) is 0 Å². The fourth-order valence-corrected chi connectivity index (χ4v) is 2.68. The van der Waals surface area contributed by atoms with Crippen molar-refractivity contribution in [2.45, 2.75) is 32.1 Å². The van der Waals surface area contributed by atoms with E-state index >= 15 is 0 Å². The average molecular weight is 349 g/mol. The van der Waals surface area contributed by atoms with E-state index in [4.69, 9.17) is 15.2 Å². The molecule has 25 heavy (non-hydrogen) atoms. The molecule has 1 atom stereocenters. The molecule has 0 bridgehead atoms. The van der Waals surface area contributed by atoms with Gasteiger partial charge in [-0.15, -0.1) is 0 Å². The lowest BCUT2D eigenvalue weighted by molar-refractivity contribution is 0.288. The lowest BCUT2D eigenvalue weighted by Gasteiger charge is -2.17. The third-order valence-electron chi connectivity index (χ3n) is 4.17. The quantitative estimate of drug-likeness (QED) is 0.681. The van der Waals surface area contributed by atoms with E-state index in [0.717, 1.165) is 24.5 Å². The fourth-order valence-electron chi connectivity index (χ4n) is 2.68. The normalized spacial score (nSPS) is 12.0. The second kappa shape index (κ2) is 9.37. The Hall–Kier alpha value is -2.14. The van der Waals surface area contributed by atoms with Gasteiger partial charge in [0.05, 0.1) is 13.7 Å². The van der Waals surface area contributed by atoms with Gasteiger partial charge in [-0.25, -0.2) is 8.78 Å². The van der Waals surface area contributed by atoms with Crippen LogP contribution in [0, 0.1) is 11.6 Å². The number of rotatable bonds is 9. The van der Waals surface area contributed by atoms with Gasteiger partial charge in [0.1, 0.15) is 0 Å². The second-order valence-electron chi connectivity index (χ2n) is 6.00. The molecule has 0 aliphatic heterocycles. The summed E-state index contributed by atoms with van der Waals surface area (Å²) in [6, 6.07) is 9.66. The number of nitrogens with two attached hydrogens (primary N) is 1. The number of ether oxygens (including phenoxy) is 2. The zero-order chi connectivity index (χ0) is 18.2. The molecule has 0 aromatic heterocycles.